The normalized spacial score (nSPS) is 10.1. The van der Waals surface area contributed by atoms with E-state index in [0.717, 1.165) is 17.1 Å². The van der Waals surface area contributed by atoms with Crippen LogP contribution in [0.1, 0.15) is 11.1 Å². The number of nitrogens with one attached hydrogen (secondary N) is 3. The highest BCUT2D eigenvalue weighted by Crippen LogP contribution is 2.18. The molecule has 0 saturated carbocycles. The summed E-state index contributed by atoms with van der Waals surface area (Å²) in [6.07, 6.45) is 0. The Hall–Kier alpha value is -5.83. The Balaban J connectivity index is 0.000000145. The molecule has 216 valence electrons. The molecular formula is C26H27ClN12O3. The fourth-order valence-corrected chi connectivity index (χ4v) is 3.17. The van der Waals surface area contributed by atoms with Crippen LogP contribution in [0.5, 0.6) is 0 Å². The van der Waals surface area contributed by atoms with Crippen molar-refractivity contribution >= 4 is 64.6 Å². The lowest BCUT2D eigenvalue weighted by molar-refractivity contribution is 0.436. The molecular weight excluding hydrogens is 564 g/mol. The maximum atomic E-state index is 5.72. The fraction of sp³-hybridized carbons (Fsp3) is 0.0769. The molecule has 0 bridgehead atoms. The topological polar surface area (TPSA) is 231 Å². The van der Waals surface area contributed by atoms with Crippen LogP contribution in [0, 0.1) is 13.8 Å². The van der Waals surface area contributed by atoms with Crippen molar-refractivity contribution in [1.29, 1.82) is 0 Å². The lowest BCUT2D eigenvalue weighted by Crippen LogP contribution is -1.92. The zero-order valence-corrected chi connectivity index (χ0v) is 23.2. The first-order chi connectivity index (χ1) is 20.2. The Morgan fingerprint density at radius 1 is 0.548 bits per heavy atom. The fourth-order valence-electron chi connectivity index (χ4n) is 3.05. The largest absolute Gasteiger partial charge is 0.365 e. The van der Waals surface area contributed by atoms with E-state index in [0.29, 0.717) is 22.9 Å². The van der Waals surface area contributed by atoms with Gasteiger partial charge in [-0.25, -0.2) is 0 Å². The first kappa shape index (κ1) is 29.2. The predicted octanol–water partition coefficient (Wildman–Crippen LogP) is 5.46. The minimum atomic E-state index is 0.0291. The summed E-state index contributed by atoms with van der Waals surface area (Å²) in [6.45, 7) is 4.05. The number of anilines is 9. The number of halogens is 1. The monoisotopic (exact) mass is 590 g/mol. The molecule has 0 aliphatic carbocycles. The zero-order valence-electron chi connectivity index (χ0n) is 22.4. The van der Waals surface area contributed by atoms with Gasteiger partial charge in [-0.3, -0.25) is 0 Å². The molecule has 0 spiro atoms. The Labute approximate surface area is 244 Å². The van der Waals surface area contributed by atoms with Crippen molar-refractivity contribution in [3.8, 4) is 0 Å². The van der Waals surface area contributed by atoms with Crippen molar-refractivity contribution in [2.24, 2.45) is 0 Å². The highest BCUT2D eigenvalue weighted by Gasteiger charge is 2.04. The van der Waals surface area contributed by atoms with Crippen LogP contribution < -0.4 is 33.2 Å². The Morgan fingerprint density at radius 2 is 0.976 bits per heavy atom. The molecule has 0 atom stereocenters. The maximum Gasteiger partial charge on any atom is 0.327 e. The molecule has 16 heteroatoms. The van der Waals surface area contributed by atoms with Gasteiger partial charge in [-0.15, -0.1) is 0 Å². The number of nitrogens with zero attached hydrogens (tertiary/aromatic N) is 6. The molecule has 15 nitrogen and oxygen atoms in total. The number of aromatic nitrogens is 6. The second-order valence-corrected chi connectivity index (χ2v) is 8.92. The zero-order chi connectivity index (χ0) is 29.9. The quantitative estimate of drug-likeness (QED) is 0.141. The summed E-state index contributed by atoms with van der Waals surface area (Å²) in [5.41, 5.74) is 20.8. The van der Waals surface area contributed by atoms with Gasteiger partial charge in [0.15, 0.2) is 0 Å². The Morgan fingerprint density at radius 3 is 1.36 bits per heavy atom. The molecule has 0 fully saturated rings. The van der Waals surface area contributed by atoms with Crippen LogP contribution in [0.2, 0.25) is 5.02 Å². The molecule has 0 aliphatic rings. The van der Waals surface area contributed by atoms with Gasteiger partial charge in [0.25, 0.3) is 17.8 Å². The van der Waals surface area contributed by atoms with E-state index < -0.39 is 0 Å². The van der Waals surface area contributed by atoms with Gasteiger partial charge < -0.3 is 46.7 Å². The average Bonchev–Trinajstić information content (AvgIpc) is 3.70. The van der Waals surface area contributed by atoms with Gasteiger partial charge in [0.2, 0.25) is 0 Å². The number of aryl methyl sites for hydroxylation is 2. The van der Waals surface area contributed by atoms with Crippen LogP contribution in [0.3, 0.4) is 0 Å². The standard InChI is InChI=1S/2C9H10N4O.C8H7ClN4O/c1-6-2-4-7(5-3-6)11-9-12-8(10)14-13-9;1-6-2-4-7(5-3-6)11-9-12-8(10)13-14-9;9-5-1-3-6(4-2-5)11-8-12-7(10)14-13-8/h2*2-5H,1H3,(H3,10,11,12,13);1-4H,(H3,10,11,12,13). The summed E-state index contributed by atoms with van der Waals surface area (Å²) >= 11 is 5.72. The van der Waals surface area contributed by atoms with E-state index in [2.05, 4.69) is 55.4 Å². The highest BCUT2D eigenvalue weighted by atomic mass is 35.5. The first-order valence-corrected chi connectivity index (χ1v) is 12.6. The number of nitrogens with two attached hydrogens (primary N) is 3. The van der Waals surface area contributed by atoms with E-state index in [4.69, 9.17) is 33.3 Å². The predicted molar refractivity (Wildman–Crippen MR) is 160 cm³/mol. The maximum absolute atomic E-state index is 5.72. The SMILES string of the molecule is Cc1ccc(Nc2nc(N)no2)cc1.Cc1ccc(Nc2noc(N)n2)cc1.Nc1nc(Nc2ccc(Cl)cc2)no1. The van der Waals surface area contributed by atoms with Gasteiger partial charge in [-0.1, -0.05) is 47.0 Å². The molecule has 3 aromatic carbocycles. The number of nitrogen functional groups attached to an aromatic ring is 3. The van der Waals surface area contributed by atoms with E-state index in [9.17, 15) is 0 Å². The van der Waals surface area contributed by atoms with E-state index in [-0.39, 0.29) is 18.0 Å². The molecule has 42 heavy (non-hydrogen) atoms. The molecule has 3 aromatic heterocycles. The third-order valence-corrected chi connectivity index (χ3v) is 5.29. The van der Waals surface area contributed by atoms with Crippen LogP contribution in [0.4, 0.5) is 53.0 Å². The van der Waals surface area contributed by atoms with Gasteiger partial charge in [0.05, 0.1) is 0 Å². The highest BCUT2D eigenvalue weighted by molar-refractivity contribution is 6.30. The van der Waals surface area contributed by atoms with Crippen molar-refractivity contribution in [3.63, 3.8) is 0 Å². The summed E-state index contributed by atoms with van der Waals surface area (Å²) in [7, 11) is 0. The van der Waals surface area contributed by atoms with E-state index in [1.54, 1.807) is 24.3 Å². The molecule has 0 amide bonds. The van der Waals surface area contributed by atoms with Crippen molar-refractivity contribution in [2.45, 2.75) is 13.8 Å². The summed E-state index contributed by atoms with van der Waals surface area (Å²) < 4.78 is 14.0. The smallest absolute Gasteiger partial charge is 0.327 e. The van der Waals surface area contributed by atoms with Crippen LogP contribution in [0.25, 0.3) is 0 Å². The Bertz CT molecular complexity index is 1470. The van der Waals surface area contributed by atoms with Gasteiger partial charge >= 0.3 is 18.0 Å². The third kappa shape index (κ3) is 9.42. The second-order valence-electron chi connectivity index (χ2n) is 8.48. The van der Waals surface area contributed by atoms with Gasteiger partial charge in [0, 0.05) is 22.1 Å². The van der Waals surface area contributed by atoms with Crippen LogP contribution in [-0.4, -0.2) is 30.4 Å². The molecule has 6 aromatic rings. The van der Waals surface area contributed by atoms with Crippen molar-refractivity contribution < 1.29 is 13.6 Å². The first-order valence-electron chi connectivity index (χ1n) is 12.2. The van der Waals surface area contributed by atoms with E-state index >= 15 is 0 Å². The number of hydrogen-bond donors (Lipinski definition) is 6. The van der Waals surface area contributed by atoms with Crippen molar-refractivity contribution in [1.82, 2.24) is 30.4 Å². The lowest BCUT2D eigenvalue weighted by Gasteiger charge is -2.00. The number of hydrogen-bond acceptors (Lipinski definition) is 15. The minimum Gasteiger partial charge on any atom is -0.365 e. The van der Waals surface area contributed by atoms with Crippen LogP contribution >= 0.6 is 11.6 Å². The van der Waals surface area contributed by atoms with Crippen molar-refractivity contribution in [3.05, 3.63) is 88.9 Å². The van der Waals surface area contributed by atoms with E-state index in [1.807, 2.05) is 62.4 Å². The summed E-state index contributed by atoms with van der Waals surface area (Å²) in [4.78, 5) is 11.4. The molecule has 0 saturated heterocycles. The molecule has 6 rings (SSSR count). The minimum absolute atomic E-state index is 0.0291. The molecule has 0 aliphatic heterocycles. The average molecular weight is 591 g/mol. The van der Waals surface area contributed by atoms with Crippen LogP contribution in [-0.2, 0) is 0 Å². The number of rotatable bonds is 6. The van der Waals surface area contributed by atoms with Gasteiger partial charge in [-0.2, -0.15) is 15.0 Å². The molecule has 9 N–H and O–H groups in total. The Kier molecular flexibility index (Phi) is 9.72. The van der Waals surface area contributed by atoms with Crippen LogP contribution in [0.15, 0.2) is 86.4 Å². The molecule has 0 radical (unpaired) electrons. The summed E-state index contributed by atoms with van der Waals surface area (Å²) in [5, 5.41) is 20.1. The van der Waals surface area contributed by atoms with Gasteiger partial charge in [0.1, 0.15) is 0 Å². The second kappa shape index (κ2) is 14.0. The van der Waals surface area contributed by atoms with Crippen molar-refractivity contribution in [2.75, 3.05) is 33.2 Å². The molecule has 0 unspecified atom stereocenters. The number of benzene rings is 3. The lowest BCUT2D eigenvalue weighted by atomic mass is 10.2. The summed E-state index contributed by atoms with van der Waals surface area (Å²) in [6, 6.07) is 23.2. The third-order valence-electron chi connectivity index (χ3n) is 5.04. The molecule has 3 heterocycles. The van der Waals surface area contributed by atoms with E-state index in [1.165, 1.54) is 11.1 Å². The van der Waals surface area contributed by atoms with Gasteiger partial charge in [-0.05, 0) is 77.8 Å². The summed E-state index contributed by atoms with van der Waals surface area (Å²) in [5.74, 6) is 0.816.